The van der Waals surface area contributed by atoms with E-state index < -0.39 is 28.0 Å². The molecule has 0 unspecified atom stereocenters. The number of carbonyl (C=O) groups excluding carboxylic acids is 2. The van der Waals surface area contributed by atoms with Gasteiger partial charge in [0.05, 0.1) is 10.5 Å². The maximum Gasteiger partial charge on any atom is 0.339 e. The van der Waals surface area contributed by atoms with Gasteiger partial charge in [-0.2, -0.15) is 4.31 Å². The SMILES string of the molecule is CCN(CC)S(=O)(=O)c1cccc(C(=O)O[C@@H](C(=O)Nc2cc(C)ccc2C)c2ccccc2)c1. The number of benzene rings is 3. The number of anilines is 1. The third-order valence-electron chi connectivity index (χ3n) is 5.63. The van der Waals surface area contributed by atoms with Crippen LogP contribution in [0, 0.1) is 13.8 Å². The van der Waals surface area contributed by atoms with Crippen LogP contribution in [0.4, 0.5) is 5.69 Å². The van der Waals surface area contributed by atoms with Crippen LogP contribution in [0.5, 0.6) is 0 Å². The van der Waals surface area contributed by atoms with Gasteiger partial charge >= 0.3 is 5.97 Å². The highest BCUT2D eigenvalue weighted by Gasteiger charge is 2.28. The smallest absolute Gasteiger partial charge is 0.339 e. The van der Waals surface area contributed by atoms with Gasteiger partial charge in [0.1, 0.15) is 0 Å². The van der Waals surface area contributed by atoms with Crippen LogP contribution in [0.25, 0.3) is 0 Å². The Hall–Kier alpha value is -3.49. The number of hydrogen-bond donors (Lipinski definition) is 1. The molecular weight excluding hydrogens is 464 g/mol. The van der Waals surface area contributed by atoms with Crippen molar-refractivity contribution in [2.45, 2.75) is 38.7 Å². The zero-order chi connectivity index (χ0) is 25.6. The van der Waals surface area contributed by atoms with Gasteiger partial charge in [-0.25, -0.2) is 13.2 Å². The predicted octanol–water partition coefficient (Wildman–Crippen LogP) is 4.87. The lowest BCUT2D eigenvalue weighted by Gasteiger charge is -2.20. The molecule has 0 bridgehead atoms. The molecule has 8 heteroatoms. The summed E-state index contributed by atoms with van der Waals surface area (Å²) in [5.41, 5.74) is 3.01. The van der Waals surface area contributed by atoms with E-state index in [-0.39, 0.29) is 10.5 Å². The molecule has 0 fully saturated rings. The number of rotatable bonds is 9. The summed E-state index contributed by atoms with van der Waals surface area (Å²) in [6.07, 6.45) is -1.23. The van der Waals surface area contributed by atoms with Crippen molar-refractivity contribution in [3.8, 4) is 0 Å². The lowest BCUT2D eigenvalue weighted by atomic mass is 10.1. The molecule has 1 atom stereocenters. The standard InChI is InChI=1S/C27H30N2O5S/c1-5-29(6-2)35(32,33)23-14-10-13-22(18-23)27(31)34-25(21-11-8-7-9-12-21)26(30)28-24-17-19(3)15-16-20(24)4/h7-18,25H,5-6H2,1-4H3,(H,28,30)/t25-/m1/s1. The second kappa shape index (κ2) is 11.3. The first-order chi connectivity index (χ1) is 16.7. The average Bonchev–Trinajstić information content (AvgIpc) is 2.85. The van der Waals surface area contributed by atoms with Crippen LogP contribution >= 0.6 is 0 Å². The number of esters is 1. The molecule has 1 N–H and O–H groups in total. The highest BCUT2D eigenvalue weighted by Crippen LogP contribution is 2.25. The molecule has 184 valence electrons. The minimum atomic E-state index is -3.76. The minimum absolute atomic E-state index is 0.00764. The molecule has 0 aliphatic rings. The van der Waals surface area contributed by atoms with Gasteiger partial charge in [-0.1, -0.05) is 62.4 Å². The monoisotopic (exact) mass is 494 g/mol. The summed E-state index contributed by atoms with van der Waals surface area (Å²) in [6.45, 7) is 7.91. The normalized spacial score (nSPS) is 12.3. The fourth-order valence-electron chi connectivity index (χ4n) is 3.64. The second-order valence-electron chi connectivity index (χ2n) is 8.12. The van der Waals surface area contributed by atoms with Crippen LogP contribution in [0.2, 0.25) is 0 Å². The van der Waals surface area contributed by atoms with Crippen molar-refractivity contribution in [2.75, 3.05) is 18.4 Å². The van der Waals surface area contributed by atoms with E-state index in [0.717, 1.165) is 11.1 Å². The summed E-state index contributed by atoms with van der Waals surface area (Å²) >= 11 is 0. The summed E-state index contributed by atoms with van der Waals surface area (Å²) in [6, 6.07) is 20.0. The lowest BCUT2D eigenvalue weighted by molar-refractivity contribution is -0.125. The molecule has 0 saturated carbocycles. The van der Waals surface area contributed by atoms with E-state index in [1.165, 1.54) is 28.6 Å². The van der Waals surface area contributed by atoms with Gasteiger partial charge in [0.2, 0.25) is 16.1 Å². The zero-order valence-corrected chi connectivity index (χ0v) is 21.1. The van der Waals surface area contributed by atoms with Crippen molar-refractivity contribution in [3.63, 3.8) is 0 Å². The largest absolute Gasteiger partial charge is 0.444 e. The number of aryl methyl sites for hydroxylation is 2. The Morgan fingerprint density at radius 1 is 0.914 bits per heavy atom. The molecule has 0 spiro atoms. The van der Waals surface area contributed by atoms with Crippen molar-refractivity contribution in [1.82, 2.24) is 4.31 Å². The Morgan fingerprint density at radius 3 is 2.26 bits per heavy atom. The molecule has 3 aromatic carbocycles. The van der Waals surface area contributed by atoms with Gasteiger partial charge in [-0.05, 0) is 49.2 Å². The van der Waals surface area contributed by atoms with Crippen LogP contribution in [0.15, 0.2) is 77.7 Å². The number of nitrogens with one attached hydrogen (secondary N) is 1. The Kier molecular flexibility index (Phi) is 8.43. The average molecular weight is 495 g/mol. The van der Waals surface area contributed by atoms with E-state index >= 15 is 0 Å². The van der Waals surface area contributed by atoms with Crippen LogP contribution in [-0.2, 0) is 19.6 Å². The fourth-order valence-corrected chi connectivity index (χ4v) is 5.15. The van der Waals surface area contributed by atoms with Crippen molar-refractivity contribution >= 4 is 27.6 Å². The molecule has 0 aliphatic heterocycles. The summed E-state index contributed by atoms with van der Waals surface area (Å²) in [5, 5.41) is 2.85. The third kappa shape index (κ3) is 6.15. The highest BCUT2D eigenvalue weighted by molar-refractivity contribution is 7.89. The van der Waals surface area contributed by atoms with Crippen molar-refractivity contribution in [2.24, 2.45) is 0 Å². The number of nitrogens with zero attached hydrogens (tertiary/aromatic N) is 1. The van der Waals surface area contributed by atoms with E-state index in [1.807, 2.05) is 32.0 Å². The number of carbonyl (C=O) groups is 2. The van der Waals surface area contributed by atoms with Gasteiger partial charge in [-0.3, -0.25) is 4.79 Å². The number of hydrogen-bond acceptors (Lipinski definition) is 5. The number of ether oxygens (including phenoxy) is 1. The fraction of sp³-hybridized carbons (Fsp3) is 0.259. The first-order valence-corrected chi connectivity index (χ1v) is 12.9. The van der Waals surface area contributed by atoms with Crippen LogP contribution < -0.4 is 5.32 Å². The van der Waals surface area contributed by atoms with Gasteiger partial charge in [0.15, 0.2) is 0 Å². The predicted molar refractivity (Wildman–Crippen MR) is 136 cm³/mol. The summed E-state index contributed by atoms with van der Waals surface area (Å²) in [7, 11) is -3.76. The van der Waals surface area contributed by atoms with Crippen molar-refractivity contribution in [1.29, 1.82) is 0 Å². The van der Waals surface area contributed by atoms with Crippen molar-refractivity contribution < 1.29 is 22.7 Å². The highest BCUT2D eigenvalue weighted by atomic mass is 32.2. The van der Waals surface area contributed by atoms with Gasteiger partial charge in [0.25, 0.3) is 5.91 Å². The third-order valence-corrected chi connectivity index (χ3v) is 7.68. The molecular formula is C27H30N2O5S. The Bertz CT molecular complexity index is 1300. The van der Waals surface area contributed by atoms with E-state index in [1.54, 1.807) is 44.2 Å². The number of sulfonamides is 1. The van der Waals surface area contributed by atoms with Crippen LogP contribution in [0.3, 0.4) is 0 Å². The van der Waals surface area contributed by atoms with E-state index in [2.05, 4.69) is 5.32 Å². The Balaban J connectivity index is 1.91. The second-order valence-corrected chi connectivity index (χ2v) is 10.1. The molecule has 1 amide bonds. The van der Waals surface area contributed by atoms with Crippen molar-refractivity contribution in [3.05, 3.63) is 95.1 Å². The molecule has 0 radical (unpaired) electrons. The van der Waals surface area contributed by atoms with E-state index in [9.17, 15) is 18.0 Å². The van der Waals surface area contributed by atoms with E-state index in [0.29, 0.717) is 24.3 Å². The first kappa shape index (κ1) is 26.1. The minimum Gasteiger partial charge on any atom is -0.444 e. The van der Waals surface area contributed by atoms with Gasteiger partial charge < -0.3 is 10.1 Å². The first-order valence-electron chi connectivity index (χ1n) is 11.4. The maximum atomic E-state index is 13.2. The molecule has 7 nitrogen and oxygen atoms in total. The summed E-state index contributed by atoms with van der Waals surface area (Å²) in [4.78, 5) is 26.3. The lowest BCUT2D eigenvalue weighted by Crippen LogP contribution is -2.30. The Morgan fingerprint density at radius 2 is 1.60 bits per heavy atom. The zero-order valence-electron chi connectivity index (χ0n) is 20.3. The van der Waals surface area contributed by atoms with Crippen LogP contribution in [0.1, 0.15) is 47.0 Å². The molecule has 0 heterocycles. The van der Waals surface area contributed by atoms with Crippen LogP contribution in [-0.4, -0.2) is 37.7 Å². The quantitative estimate of drug-likeness (QED) is 0.429. The summed E-state index contributed by atoms with van der Waals surface area (Å²) in [5.74, 6) is -1.31. The molecule has 0 saturated heterocycles. The van der Waals surface area contributed by atoms with E-state index in [4.69, 9.17) is 4.74 Å². The topological polar surface area (TPSA) is 92.8 Å². The Labute approximate surface area is 206 Å². The molecule has 0 aromatic heterocycles. The molecule has 0 aliphatic carbocycles. The van der Waals surface area contributed by atoms with Gasteiger partial charge in [-0.15, -0.1) is 0 Å². The molecule has 3 aromatic rings. The summed E-state index contributed by atoms with van der Waals surface area (Å²) < 4.78 is 32.7. The molecule has 35 heavy (non-hydrogen) atoms. The molecule has 3 rings (SSSR count). The number of amides is 1. The maximum absolute atomic E-state index is 13.2. The van der Waals surface area contributed by atoms with Gasteiger partial charge in [0, 0.05) is 24.3 Å².